The number of anilines is 1. The van der Waals surface area contributed by atoms with Gasteiger partial charge in [-0.05, 0) is 18.3 Å². The summed E-state index contributed by atoms with van der Waals surface area (Å²) < 4.78 is 0. The molecule has 0 radical (unpaired) electrons. The van der Waals surface area contributed by atoms with Gasteiger partial charge in [-0.15, -0.1) is 11.6 Å². The molecular weight excluding hydrogens is 210 g/mol. The zero-order valence-corrected chi connectivity index (χ0v) is 9.69. The van der Waals surface area contributed by atoms with Gasteiger partial charge in [0.25, 0.3) is 0 Å². The van der Waals surface area contributed by atoms with E-state index in [0.29, 0.717) is 11.8 Å². The first-order valence-corrected chi connectivity index (χ1v) is 5.90. The molecule has 1 aromatic heterocycles. The Kier molecular flexibility index (Phi) is 3.41. The molecule has 15 heavy (non-hydrogen) atoms. The predicted molar refractivity (Wildman–Crippen MR) is 62.2 cm³/mol. The quantitative estimate of drug-likeness (QED) is 0.723. The molecule has 1 aromatic rings. The minimum atomic E-state index is 0.581. The normalized spacial score (nSPS) is 26.7. The second kappa shape index (κ2) is 4.79. The standard InChI is InChI=1S/C11H16ClN3/c1-9-4-10(5-12)8-15(7-9)11-6-13-2-3-14-11/h2-3,6,9-10H,4-5,7-8H2,1H3. The Bertz CT molecular complexity index is 304. The number of aromatic nitrogens is 2. The van der Waals surface area contributed by atoms with Gasteiger partial charge in [-0.1, -0.05) is 6.92 Å². The van der Waals surface area contributed by atoms with Crippen molar-refractivity contribution in [2.24, 2.45) is 11.8 Å². The smallest absolute Gasteiger partial charge is 0.147 e. The van der Waals surface area contributed by atoms with Crippen molar-refractivity contribution in [1.29, 1.82) is 0 Å². The lowest BCUT2D eigenvalue weighted by Crippen LogP contribution is -2.40. The molecule has 1 saturated heterocycles. The van der Waals surface area contributed by atoms with Gasteiger partial charge in [-0.2, -0.15) is 0 Å². The van der Waals surface area contributed by atoms with Crippen molar-refractivity contribution in [3.8, 4) is 0 Å². The Labute approximate surface area is 95.5 Å². The minimum absolute atomic E-state index is 0.581. The van der Waals surface area contributed by atoms with E-state index in [4.69, 9.17) is 11.6 Å². The highest BCUT2D eigenvalue weighted by molar-refractivity contribution is 6.18. The van der Waals surface area contributed by atoms with Crippen LogP contribution in [0.1, 0.15) is 13.3 Å². The maximum Gasteiger partial charge on any atom is 0.147 e. The second-order valence-electron chi connectivity index (χ2n) is 4.33. The summed E-state index contributed by atoms with van der Waals surface area (Å²) in [4.78, 5) is 10.7. The molecule has 4 heteroatoms. The van der Waals surface area contributed by atoms with Gasteiger partial charge in [-0.3, -0.25) is 4.98 Å². The first-order chi connectivity index (χ1) is 7.29. The van der Waals surface area contributed by atoms with E-state index in [1.54, 1.807) is 12.4 Å². The Hall–Kier alpha value is -0.830. The molecule has 82 valence electrons. The SMILES string of the molecule is CC1CC(CCl)CN(c2cnccn2)C1. The molecule has 1 aliphatic rings. The third-order valence-corrected chi connectivity index (χ3v) is 3.27. The second-order valence-corrected chi connectivity index (χ2v) is 4.64. The van der Waals surface area contributed by atoms with Gasteiger partial charge in [0.05, 0.1) is 6.20 Å². The Morgan fingerprint density at radius 1 is 1.47 bits per heavy atom. The van der Waals surface area contributed by atoms with Crippen molar-refractivity contribution in [3.05, 3.63) is 18.6 Å². The molecule has 0 aliphatic carbocycles. The van der Waals surface area contributed by atoms with Crippen LogP contribution in [-0.4, -0.2) is 28.9 Å². The van der Waals surface area contributed by atoms with Crippen molar-refractivity contribution in [2.45, 2.75) is 13.3 Å². The van der Waals surface area contributed by atoms with Crippen LogP contribution in [0.25, 0.3) is 0 Å². The Balaban J connectivity index is 2.09. The molecule has 0 N–H and O–H groups in total. The van der Waals surface area contributed by atoms with E-state index in [2.05, 4.69) is 21.8 Å². The number of nitrogens with zero attached hydrogens (tertiary/aromatic N) is 3. The number of hydrogen-bond acceptors (Lipinski definition) is 3. The summed E-state index contributed by atoms with van der Waals surface area (Å²) in [6.07, 6.45) is 6.49. The first-order valence-electron chi connectivity index (χ1n) is 5.36. The van der Waals surface area contributed by atoms with Gasteiger partial charge < -0.3 is 4.90 Å². The number of alkyl halides is 1. The maximum atomic E-state index is 5.94. The van der Waals surface area contributed by atoms with Crippen molar-refractivity contribution in [1.82, 2.24) is 9.97 Å². The van der Waals surface area contributed by atoms with Gasteiger partial charge >= 0.3 is 0 Å². The maximum absolute atomic E-state index is 5.94. The number of rotatable bonds is 2. The van der Waals surface area contributed by atoms with Crippen LogP contribution >= 0.6 is 11.6 Å². The molecule has 2 heterocycles. The van der Waals surface area contributed by atoms with Gasteiger partial charge in [0, 0.05) is 31.4 Å². The molecule has 3 nitrogen and oxygen atoms in total. The van der Waals surface area contributed by atoms with Crippen LogP contribution in [0.2, 0.25) is 0 Å². The van der Waals surface area contributed by atoms with Crippen molar-refractivity contribution < 1.29 is 0 Å². The summed E-state index contributed by atoms with van der Waals surface area (Å²) in [5.41, 5.74) is 0. The molecule has 0 saturated carbocycles. The summed E-state index contributed by atoms with van der Waals surface area (Å²) in [5.74, 6) is 2.97. The molecular formula is C11H16ClN3. The van der Waals surface area contributed by atoms with Gasteiger partial charge in [0.15, 0.2) is 0 Å². The van der Waals surface area contributed by atoms with Crippen LogP contribution in [0.3, 0.4) is 0 Å². The Morgan fingerprint density at radius 3 is 3.00 bits per heavy atom. The third kappa shape index (κ3) is 2.59. The number of halogens is 1. The van der Waals surface area contributed by atoms with E-state index in [1.165, 1.54) is 6.42 Å². The monoisotopic (exact) mass is 225 g/mol. The van der Waals surface area contributed by atoms with E-state index in [-0.39, 0.29) is 0 Å². The molecule has 2 unspecified atom stereocenters. The Morgan fingerprint density at radius 2 is 2.33 bits per heavy atom. The van der Waals surface area contributed by atoms with Crippen molar-refractivity contribution in [3.63, 3.8) is 0 Å². The number of piperidine rings is 1. The summed E-state index contributed by atoms with van der Waals surface area (Å²) >= 11 is 5.94. The fraction of sp³-hybridized carbons (Fsp3) is 0.636. The highest BCUT2D eigenvalue weighted by atomic mass is 35.5. The molecule has 0 spiro atoms. The highest BCUT2D eigenvalue weighted by Crippen LogP contribution is 2.25. The van der Waals surface area contributed by atoms with E-state index < -0.39 is 0 Å². The molecule has 0 amide bonds. The fourth-order valence-electron chi connectivity index (χ4n) is 2.23. The number of hydrogen-bond donors (Lipinski definition) is 0. The van der Waals surface area contributed by atoms with Crippen LogP contribution in [0.5, 0.6) is 0 Å². The minimum Gasteiger partial charge on any atom is -0.355 e. The largest absolute Gasteiger partial charge is 0.355 e. The van der Waals surface area contributed by atoms with Crippen LogP contribution in [0, 0.1) is 11.8 Å². The van der Waals surface area contributed by atoms with Crippen molar-refractivity contribution >= 4 is 17.4 Å². The fourth-order valence-corrected chi connectivity index (χ4v) is 2.46. The van der Waals surface area contributed by atoms with Crippen LogP contribution in [0.15, 0.2) is 18.6 Å². The van der Waals surface area contributed by atoms with E-state index in [1.807, 2.05) is 6.20 Å². The predicted octanol–water partition coefficient (Wildman–Crippen LogP) is 2.18. The lowest BCUT2D eigenvalue weighted by Gasteiger charge is -2.36. The van der Waals surface area contributed by atoms with Crippen LogP contribution in [-0.2, 0) is 0 Å². The van der Waals surface area contributed by atoms with Gasteiger partial charge in [-0.25, -0.2) is 4.98 Å². The van der Waals surface area contributed by atoms with Gasteiger partial charge in [0.2, 0.25) is 0 Å². The molecule has 0 aromatic carbocycles. The lowest BCUT2D eigenvalue weighted by atomic mass is 9.92. The van der Waals surface area contributed by atoms with E-state index >= 15 is 0 Å². The summed E-state index contributed by atoms with van der Waals surface area (Å²) in [7, 11) is 0. The highest BCUT2D eigenvalue weighted by Gasteiger charge is 2.24. The molecule has 2 atom stereocenters. The van der Waals surface area contributed by atoms with Crippen LogP contribution < -0.4 is 4.90 Å². The third-order valence-electron chi connectivity index (χ3n) is 2.84. The average molecular weight is 226 g/mol. The zero-order chi connectivity index (χ0) is 10.7. The summed E-state index contributed by atoms with van der Waals surface area (Å²) in [6, 6.07) is 0. The topological polar surface area (TPSA) is 29.0 Å². The molecule has 0 bridgehead atoms. The molecule has 2 rings (SSSR count). The first kappa shape index (κ1) is 10.7. The van der Waals surface area contributed by atoms with E-state index in [9.17, 15) is 0 Å². The summed E-state index contributed by atoms with van der Waals surface area (Å²) in [6.45, 7) is 4.33. The lowest BCUT2D eigenvalue weighted by molar-refractivity contribution is 0.358. The average Bonchev–Trinajstić information content (AvgIpc) is 2.29. The zero-order valence-electron chi connectivity index (χ0n) is 8.93. The molecule has 1 aliphatic heterocycles. The van der Waals surface area contributed by atoms with E-state index in [0.717, 1.165) is 24.8 Å². The van der Waals surface area contributed by atoms with Gasteiger partial charge in [0.1, 0.15) is 5.82 Å². The summed E-state index contributed by atoms with van der Waals surface area (Å²) in [5, 5.41) is 0. The van der Waals surface area contributed by atoms with Crippen LogP contribution in [0.4, 0.5) is 5.82 Å². The van der Waals surface area contributed by atoms with Crippen molar-refractivity contribution in [2.75, 3.05) is 23.9 Å². The molecule has 1 fully saturated rings.